The largest absolute Gasteiger partial charge is 0.574 e. The Labute approximate surface area is 159 Å². The number of anilines is 1. The van der Waals surface area contributed by atoms with Crippen molar-refractivity contribution >= 4 is 28.0 Å². The van der Waals surface area contributed by atoms with Gasteiger partial charge in [-0.1, -0.05) is 12.1 Å². The van der Waals surface area contributed by atoms with E-state index in [-0.39, 0.29) is 11.8 Å². The topological polar surface area (TPSA) is 137 Å². The molecule has 10 nitrogen and oxygen atoms in total. The van der Waals surface area contributed by atoms with Crippen molar-refractivity contribution in [1.82, 2.24) is 14.7 Å². The summed E-state index contributed by atoms with van der Waals surface area (Å²) in [6.45, 7) is 0. The van der Waals surface area contributed by atoms with Gasteiger partial charge in [-0.15, -0.1) is 13.2 Å². The lowest BCUT2D eigenvalue weighted by atomic mass is 10.2. The zero-order valence-electron chi connectivity index (χ0n) is 14.2. The van der Waals surface area contributed by atoms with Crippen LogP contribution in [0.2, 0.25) is 0 Å². The molecule has 2 N–H and O–H groups in total. The highest BCUT2D eigenvalue weighted by Gasteiger charge is 2.33. The molecule has 0 aliphatic heterocycles. The molecule has 0 radical (unpaired) electrons. The van der Waals surface area contributed by atoms with Gasteiger partial charge >= 0.3 is 18.4 Å². The van der Waals surface area contributed by atoms with Gasteiger partial charge in [-0.05, 0) is 12.1 Å². The van der Waals surface area contributed by atoms with Crippen LogP contribution in [0, 0.1) is 5.82 Å². The monoisotopic (exact) mass is 438 g/mol. The first kappa shape index (κ1) is 21.8. The summed E-state index contributed by atoms with van der Waals surface area (Å²) in [5.74, 6) is -5.00. The first-order valence-corrected chi connectivity index (χ1v) is 8.70. The van der Waals surface area contributed by atoms with Gasteiger partial charge in [-0.25, -0.2) is 27.7 Å². The average Bonchev–Trinajstić information content (AvgIpc) is 2.62. The summed E-state index contributed by atoms with van der Waals surface area (Å²) >= 11 is 0. The van der Waals surface area contributed by atoms with E-state index in [2.05, 4.69) is 19.4 Å². The Bertz CT molecular complexity index is 1040. The number of esters is 1. The summed E-state index contributed by atoms with van der Waals surface area (Å²) in [7, 11) is -3.60. The van der Waals surface area contributed by atoms with Crippen LogP contribution in [0.4, 0.5) is 28.3 Å². The van der Waals surface area contributed by atoms with E-state index in [4.69, 9.17) is 0 Å². The molecule has 0 saturated heterocycles. The maximum absolute atomic E-state index is 13.3. The summed E-state index contributed by atoms with van der Waals surface area (Å²) in [5.41, 5.74) is -0.380. The fourth-order valence-electron chi connectivity index (χ4n) is 1.88. The van der Waals surface area contributed by atoms with Crippen LogP contribution in [-0.4, -0.2) is 43.9 Å². The molecular weight excluding hydrogens is 428 g/mol. The van der Waals surface area contributed by atoms with E-state index in [1.165, 1.54) is 16.9 Å². The Morgan fingerprint density at radius 3 is 2.45 bits per heavy atom. The van der Waals surface area contributed by atoms with Gasteiger partial charge in [0.15, 0.2) is 0 Å². The predicted octanol–water partition coefficient (Wildman–Crippen LogP) is 1.81. The van der Waals surface area contributed by atoms with Gasteiger partial charge in [0.2, 0.25) is 11.8 Å². The number of rotatable bonds is 5. The average molecular weight is 438 g/mol. The van der Waals surface area contributed by atoms with Gasteiger partial charge in [0.05, 0.1) is 18.9 Å². The van der Waals surface area contributed by atoms with Gasteiger partial charge in [-0.2, -0.15) is 9.37 Å². The molecule has 0 aliphatic carbocycles. The molecule has 1 aromatic heterocycles. The summed E-state index contributed by atoms with van der Waals surface area (Å²) in [5, 5.41) is 1.70. The van der Waals surface area contributed by atoms with E-state index in [9.17, 15) is 35.6 Å². The Balaban J connectivity index is 2.21. The third-order valence-corrected chi connectivity index (χ3v) is 4.35. The van der Waals surface area contributed by atoms with Crippen molar-refractivity contribution in [3.05, 3.63) is 41.8 Å². The van der Waals surface area contributed by atoms with E-state index in [0.717, 1.165) is 19.2 Å². The van der Waals surface area contributed by atoms with Crippen molar-refractivity contribution in [2.24, 2.45) is 0 Å². The minimum atomic E-state index is -5.27. The number of hydrogen-bond donors (Lipinski definition) is 2. The Hall–Kier alpha value is -3.49. The van der Waals surface area contributed by atoms with Crippen LogP contribution in [0.1, 0.15) is 10.4 Å². The number of hydrogen-bond acceptors (Lipinski definition) is 8. The van der Waals surface area contributed by atoms with Gasteiger partial charge < -0.3 is 9.47 Å². The van der Waals surface area contributed by atoms with Crippen molar-refractivity contribution < 1.29 is 45.0 Å². The fraction of sp³-hybridized carbons (Fsp3) is 0.143. The number of carbonyl (C=O) groups excluding carboxylic acids is 2. The van der Waals surface area contributed by atoms with Crippen molar-refractivity contribution in [3.63, 3.8) is 0 Å². The summed E-state index contributed by atoms with van der Waals surface area (Å²) in [4.78, 5) is 29.1. The normalized spacial score (nSPS) is 11.5. The predicted molar refractivity (Wildman–Crippen MR) is 85.8 cm³/mol. The van der Waals surface area contributed by atoms with Crippen LogP contribution in [-0.2, 0) is 14.8 Å². The lowest BCUT2D eigenvalue weighted by molar-refractivity contribution is -0.277. The molecule has 0 saturated carbocycles. The smallest absolute Gasteiger partial charge is 0.465 e. The molecule has 29 heavy (non-hydrogen) atoms. The maximum atomic E-state index is 13.3. The van der Waals surface area contributed by atoms with Gasteiger partial charge in [0.1, 0.15) is 4.90 Å². The third-order valence-electron chi connectivity index (χ3n) is 2.96. The molecule has 0 fully saturated rings. The number of aromatic nitrogens is 2. The highest BCUT2D eigenvalue weighted by Crippen LogP contribution is 2.24. The van der Waals surface area contributed by atoms with E-state index >= 15 is 0 Å². The molecule has 2 amide bonds. The number of nitrogens with zero attached hydrogens (tertiary/aromatic N) is 2. The van der Waals surface area contributed by atoms with E-state index in [1.807, 2.05) is 0 Å². The molecule has 2 rings (SSSR count). The van der Waals surface area contributed by atoms with Crippen LogP contribution in [0.15, 0.2) is 35.4 Å². The fourth-order valence-corrected chi connectivity index (χ4v) is 2.98. The number of benzene rings is 1. The number of halogens is 4. The minimum absolute atomic E-state index is 0.269. The number of methoxy groups -OCH3 is 1. The second-order valence-electron chi connectivity index (χ2n) is 4.94. The van der Waals surface area contributed by atoms with E-state index < -0.39 is 50.9 Å². The molecule has 0 bridgehead atoms. The highest BCUT2D eigenvalue weighted by molar-refractivity contribution is 7.90. The second-order valence-corrected chi connectivity index (χ2v) is 6.59. The number of alkyl halides is 3. The molecule has 0 spiro atoms. The Morgan fingerprint density at radius 2 is 1.83 bits per heavy atom. The third kappa shape index (κ3) is 5.74. The zero-order valence-corrected chi connectivity index (χ0v) is 15.0. The number of carbonyl (C=O) groups is 2. The number of ether oxygens (including phenoxy) is 2. The number of urea groups is 1. The van der Waals surface area contributed by atoms with E-state index in [1.54, 1.807) is 5.32 Å². The number of amides is 2. The lowest BCUT2D eigenvalue weighted by Crippen LogP contribution is -2.35. The maximum Gasteiger partial charge on any atom is 0.574 e. The Morgan fingerprint density at radius 1 is 1.17 bits per heavy atom. The Kier molecular flexibility index (Phi) is 6.21. The van der Waals surface area contributed by atoms with Gasteiger partial charge in [0, 0.05) is 0 Å². The molecule has 2 aromatic rings. The van der Waals surface area contributed by atoms with Crippen LogP contribution in [0.5, 0.6) is 5.88 Å². The van der Waals surface area contributed by atoms with Gasteiger partial charge in [-0.3, -0.25) is 5.32 Å². The molecule has 156 valence electrons. The van der Waals surface area contributed by atoms with Gasteiger partial charge in [0.25, 0.3) is 15.9 Å². The number of nitrogens with one attached hydrogen (secondary N) is 2. The summed E-state index contributed by atoms with van der Waals surface area (Å²) in [6, 6.07) is 3.24. The van der Waals surface area contributed by atoms with Crippen molar-refractivity contribution in [3.8, 4) is 5.88 Å². The standard InChI is InChI=1S/C14H10F4N4O6S/c1-27-11(23)7-4-2-3-5-9(7)29(25,26)22-13(24)21-12-19-6-8(15)10(20-12)28-14(16,17)18/h2-6H,1H3,(H2,19,20,21,22,24). The molecule has 1 heterocycles. The first-order chi connectivity index (χ1) is 13.4. The van der Waals surface area contributed by atoms with Crippen LogP contribution < -0.4 is 14.8 Å². The molecule has 15 heteroatoms. The van der Waals surface area contributed by atoms with E-state index in [0.29, 0.717) is 0 Å². The van der Waals surface area contributed by atoms with Crippen LogP contribution in [0.25, 0.3) is 0 Å². The van der Waals surface area contributed by atoms with Crippen molar-refractivity contribution in [2.45, 2.75) is 11.3 Å². The minimum Gasteiger partial charge on any atom is -0.465 e. The second kappa shape index (κ2) is 8.26. The molecule has 1 aromatic carbocycles. The van der Waals surface area contributed by atoms with Crippen molar-refractivity contribution in [1.29, 1.82) is 0 Å². The summed E-state index contributed by atoms with van der Waals surface area (Å²) < 4.78 is 83.8. The summed E-state index contributed by atoms with van der Waals surface area (Å²) in [6.07, 6.45) is -5.00. The molecule has 0 unspecified atom stereocenters. The quantitative estimate of drug-likeness (QED) is 0.533. The number of sulfonamides is 1. The lowest BCUT2D eigenvalue weighted by Gasteiger charge is -2.12. The zero-order chi connectivity index (χ0) is 21.8. The van der Waals surface area contributed by atoms with Crippen molar-refractivity contribution in [2.75, 3.05) is 12.4 Å². The van der Waals surface area contributed by atoms with Crippen LogP contribution >= 0.6 is 0 Å². The molecule has 0 atom stereocenters. The van der Waals surface area contributed by atoms with Crippen LogP contribution in [0.3, 0.4) is 0 Å². The molecular formula is C14H10F4N4O6S. The highest BCUT2D eigenvalue weighted by atomic mass is 32.2. The SMILES string of the molecule is COC(=O)c1ccccc1S(=O)(=O)NC(=O)Nc1ncc(F)c(OC(F)(F)F)n1. The first-order valence-electron chi connectivity index (χ1n) is 7.22. The molecule has 0 aliphatic rings.